The first-order valence-electron chi connectivity index (χ1n) is 10.8. The van der Waals surface area contributed by atoms with Crippen LogP contribution >= 0.6 is 23.5 Å². The van der Waals surface area contributed by atoms with Crippen LogP contribution in [0.4, 0.5) is 5.69 Å². The van der Waals surface area contributed by atoms with Crippen molar-refractivity contribution in [2.45, 2.75) is 22.8 Å². The molecule has 0 radical (unpaired) electrons. The van der Waals surface area contributed by atoms with Crippen molar-refractivity contribution in [3.63, 3.8) is 0 Å². The average molecular weight is 496 g/mol. The monoisotopic (exact) mass is 495 g/mol. The van der Waals surface area contributed by atoms with Crippen LogP contribution in [-0.2, 0) is 9.59 Å². The number of halogens is 1. The molecule has 0 aromatic heterocycles. The second kappa shape index (κ2) is 10.2. The largest absolute Gasteiger partial charge is 0.480 e. The Morgan fingerprint density at radius 3 is 2.32 bits per heavy atom. The number of benzene rings is 3. The van der Waals surface area contributed by atoms with Crippen molar-refractivity contribution in [1.29, 1.82) is 0 Å². The number of carbonyl (C=O) groups excluding carboxylic acids is 1. The summed E-state index contributed by atoms with van der Waals surface area (Å²) in [6, 6.07) is 23.0. The summed E-state index contributed by atoms with van der Waals surface area (Å²) in [5.41, 5.74) is 2.63. The van der Waals surface area contributed by atoms with Gasteiger partial charge in [-0.25, -0.2) is 4.72 Å². The van der Waals surface area contributed by atoms with E-state index in [-0.39, 0.29) is 18.4 Å². The highest BCUT2D eigenvalue weighted by molar-refractivity contribution is 7.97. The number of nitrogens with zero attached hydrogens (tertiary/aromatic N) is 1. The molecule has 1 saturated carbocycles. The summed E-state index contributed by atoms with van der Waals surface area (Å²) in [6.45, 7) is 0.279. The highest BCUT2D eigenvalue weighted by Crippen LogP contribution is 2.53. The third-order valence-corrected chi connectivity index (χ3v) is 6.98. The number of aliphatic carboxylic acids is 1. The molecule has 1 aliphatic rings. The van der Waals surface area contributed by atoms with Crippen molar-refractivity contribution in [2.75, 3.05) is 26.0 Å². The van der Waals surface area contributed by atoms with Gasteiger partial charge in [0.15, 0.2) is 0 Å². The van der Waals surface area contributed by atoms with Crippen LogP contribution in [0.15, 0.2) is 77.7 Å². The molecule has 0 saturated heterocycles. The molecule has 0 heterocycles. The van der Waals surface area contributed by atoms with E-state index in [9.17, 15) is 14.7 Å². The van der Waals surface area contributed by atoms with E-state index >= 15 is 0 Å². The van der Waals surface area contributed by atoms with E-state index in [2.05, 4.69) is 10.0 Å². The maximum Gasteiger partial charge on any atom is 0.325 e. The van der Waals surface area contributed by atoms with Crippen LogP contribution in [0.1, 0.15) is 17.9 Å². The number of anilines is 1. The molecule has 3 N–H and O–H groups in total. The minimum absolute atomic E-state index is 0.113. The van der Waals surface area contributed by atoms with E-state index < -0.39 is 11.5 Å². The second-order valence-corrected chi connectivity index (χ2v) is 10.00. The Balaban J connectivity index is 1.42. The Morgan fingerprint density at radius 1 is 1.06 bits per heavy atom. The number of carboxylic acids is 1. The van der Waals surface area contributed by atoms with Crippen molar-refractivity contribution < 1.29 is 14.7 Å². The first-order valence-corrected chi connectivity index (χ1v) is 12.0. The standard InChI is InChI=1S/C26H26ClN3O3S/c1-30(2)16-24(31)28-21-5-3-4-19(14-21)23-15-26(23,25(32)33)29-34-22-12-8-18(9-13-22)17-6-10-20(27)11-7-17/h3-14,23,29H,15-16H2,1-2H3,(H,28,31)(H,32,33). The number of hydrogen-bond acceptors (Lipinski definition) is 5. The smallest absolute Gasteiger partial charge is 0.325 e. The van der Waals surface area contributed by atoms with Gasteiger partial charge in [-0.15, -0.1) is 0 Å². The molecule has 0 aliphatic heterocycles. The van der Waals surface area contributed by atoms with E-state index in [4.69, 9.17) is 11.6 Å². The molecule has 34 heavy (non-hydrogen) atoms. The summed E-state index contributed by atoms with van der Waals surface area (Å²) in [6.07, 6.45) is 0.479. The van der Waals surface area contributed by atoms with Gasteiger partial charge in [0.05, 0.1) is 6.54 Å². The third-order valence-electron chi connectivity index (χ3n) is 5.76. The second-order valence-electron chi connectivity index (χ2n) is 8.68. The number of carbonyl (C=O) groups is 2. The molecular weight excluding hydrogens is 470 g/mol. The minimum Gasteiger partial charge on any atom is -0.480 e. The summed E-state index contributed by atoms with van der Waals surface area (Å²) < 4.78 is 3.19. The number of rotatable bonds is 9. The normalized spacial score (nSPS) is 19.1. The van der Waals surface area contributed by atoms with Gasteiger partial charge in [0, 0.05) is 21.5 Å². The molecule has 2 atom stereocenters. The third kappa shape index (κ3) is 5.62. The lowest BCUT2D eigenvalue weighted by atomic mass is 10.1. The van der Waals surface area contributed by atoms with Crippen molar-refractivity contribution in [3.05, 3.63) is 83.4 Å². The number of likely N-dealkylation sites (N-methyl/N-ethyl adjacent to an activating group) is 1. The maximum atomic E-state index is 12.2. The van der Waals surface area contributed by atoms with E-state index in [0.717, 1.165) is 21.6 Å². The molecule has 8 heteroatoms. The molecule has 1 fully saturated rings. The Hall–Kier alpha value is -2.84. The van der Waals surface area contributed by atoms with Crippen LogP contribution < -0.4 is 10.0 Å². The Morgan fingerprint density at radius 2 is 1.71 bits per heavy atom. The molecule has 0 spiro atoms. The zero-order valence-electron chi connectivity index (χ0n) is 18.9. The van der Waals surface area contributed by atoms with Crippen LogP contribution in [0.3, 0.4) is 0 Å². The van der Waals surface area contributed by atoms with Gasteiger partial charge in [0.2, 0.25) is 5.91 Å². The molecule has 3 aromatic carbocycles. The lowest BCUT2D eigenvalue weighted by Crippen LogP contribution is -2.36. The van der Waals surface area contributed by atoms with E-state index in [1.54, 1.807) is 4.90 Å². The van der Waals surface area contributed by atoms with E-state index in [1.165, 1.54) is 11.9 Å². The van der Waals surface area contributed by atoms with Gasteiger partial charge in [-0.1, -0.05) is 48.0 Å². The quantitative estimate of drug-likeness (QED) is 0.358. The topological polar surface area (TPSA) is 81.7 Å². The van der Waals surface area contributed by atoms with Gasteiger partial charge in [-0.05, 0) is 85.6 Å². The highest BCUT2D eigenvalue weighted by Gasteiger charge is 2.61. The van der Waals surface area contributed by atoms with Crippen LogP contribution in [0.2, 0.25) is 5.02 Å². The first kappa shape index (κ1) is 24.3. The van der Waals surface area contributed by atoms with Gasteiger partial charge < -0.3 is 15.3 Å². The van der Waals surface area contributed by atoms with E-state index in [1.807, 2.05) is 86.9 Å². The Labute approximate surface area is 208 Å². The predicted molar refractivity (Wildman–Crippen MR) is 137 cm³/mol. The Bertz CT molecular complexity index is 1180. The van der Waals surface area contributed by atoms with Gasteiger partial charge in [0.1, 0.15) is 5.54 Å². The fourth-order valence-electron chi connectivity index (χ4n) is 3.89. The number of carboxylic acid groups (broad SMARTS) is 1. The zero-order chi connectivity index (χ0) is 24.3. The van der Waals surface area contributed by atoms with E-state index in [0.29, 0.717) is 17.1 Å². The van der Waals surface area contributed by atoms with Gasteiger partial charge in [-0.2, -0.15) is 0 Å². The minimum atomic E-state index is -1.05. The molecular formula is C26H26ClN3O3S. The predicted octanol–water partition coefficient (Wildman–Crippen LogP) is 5.11. The summed E-state index contributed by atoms with van der Waals surface area (Å²) in [5.74, 6) is -1.18. The van der Waals surface area contributed by atoms with Crippen LogP contribution in [0, 0.1) is 0 Å². The van der Waals surface area contributed by atoms with Crippen molar-refractivity contribution in [3.8, 4) is 11.1 Å². The SMILES string of the molecule is CN(C)CC(=O)Nc1cccc(C2CC2(NSc2ccc(-c3ccc(Cl)cc3)cc2)C(=O)O)c1. The molecule has 2 unspecified atom stereocenters. The van der Waals surface area contributed by atoms with Crippen LogP contribution in [0.5, 0.6) is 0 Å². The Kier molecular flexibility index (Phi) is 7.28. The number of amides is 1. The summed E-state index contributed by atoms with van der Waals surface area (Å²) in [5, 5.41) is 13.5. The fourth-order valence-corrected chi connectivity index (χ4v) is 4.90. The highest BCUT2D eigenvalue weighted by atomic mass is 35.5. The molecule has 3 aromatic rings. The first-order chi connectivity index (χ1) is 16.3. The summed E-state index contributed by atoms with van der Waals surface area (Å²) in [4.78, 5) is 27.0. The molecule has 1 aliphatic carbocycles. The molecule has 176 valence electrons. The lowest BCUT2D eigenvalue weighted by Gasteiger charge is -2.15. The molecule has 0 bridgehead atoms. The van der Waals surface area contributed by atoms with Crippen molar-refractivity contribution >= 4 is 41.1 Å². The lowest BCUT2D eigenvalue weighted by molar-refractivity contribution is -0.140. The number of nitrogens with one attached hydrogen (secondary N) is 2. The van der Waals surface area contributed by atoms with Crippen molar-refractivity contribution in [1.82, 2.24) is 9.62 Å². The van der Waals surface area contributed by atoms with Gasteiger partial charge in [0.25, 0.3) is 0 Å². The maximum absolute atomic E-state index is 12.2. The molecule has 1 amide bonds. The summed E-state index contributed by atoms with van der Waals surface area (Å²) in [7, 11) is 3.66. The average Bonchev–Trinajstić information content (AvgIpc) is 3.55. The number of hydrogen-bond donors (Lipinski definition) is 3. The fraction of sp³-hybridized carbons (Fsp3) is 0.231. The van der Waals surface area contributed by atoms with Crippen molar-refractivity contribution in [2.24, 2.45) is 0 Å². The van der Waals surface area contributed by atoms with Gasteiger partial charge in [-0.3, -0.25) is 9.59 Å². The van der Waals surface area contributed by atoms with Crippen LogP contribution in [0.25, 0.3) is 11.1 Å². The molecule has 4 rings (SSSR count). The molecule has 6 nitrogen and oxygen atoms in total. The zero-order valence-corrected chi connectivity index (χ0v) is 20.5. The summed E-state index contributed by atoms with van der Waals surface area (Å²) >= 11 is 7.28. The van der Waals surface area contributed by atoms with Gasteiger partial charge >= 0.3 is 5.97 Å². The van der Waals surface area contributed by atoms with Crippen LogP contribution in [-0.4, -0.2) is 48.1 Å².